The highest BCUT2D eigenvalue weighted by Crippen LogP contribution is 2.44. The second-order valence-electron chi connectivity index (χ2n) is 7.26. The summed E-state index contributed by atoms with van der Waals surface area (Å²) >= 11 is 0. The molecule has 5 atom stereocenters. The fourth-order valence-electron chi connectivity index (χ4n) is 3.79. The lowest BCUT2D eigenvalue weighted by Gasteiger charge is -2.27. The van der Waals surface area contributed by atoms with Crippen LogP contribution in [0.4, 0.5) is 0 Å². The third kappa shape index (κ3) is 6.50. The maximum absolute atomic E-state index is 10.5. The molecule has 0 aromatic heterocycles. The Kier molecular flexibility index (Phi) is 9.32. The van der Waals surface area contributed by atoms with Crippen molar-refractivity contribution in [1.82, 2.24) is 0 Å². The van der Waals surface area contributed by atoms with E-state index in [0.717, 1.165) is 44.9 Å². The summed E-state index contributed by atoms with van der Waals surface area (Å²) in [5, 5.41) is 17.8. The van der Waals surface area contributed by atoms with E-state index in [1.807, 2.05) is 6.08 Å². The first-order chi connectivity index (χ1) is 12.7. The van der Waals surface area contributed by atoms with Crippen molar-refractivity contribution in [2.45, 2.75) is 83.0 Å². The van der Waals surface area contributed by atoms with Crippen molar-refractivity contribution in [2.75, 3.05) is 0 Å². The lowest BCUT2D eigenvalue weighted by molar-refractivity contribution is -0.336. The minimum atomic E-state index is -0.748. The van der Waals surface area contributed by atoms with Crippen LogP contribution in [0, 0.1) is 11.8 Å². The summed E-state index contributed by atoms with van der Waals surface area (Å²) in [4.78, 5) is 25.9. The number of rotatable bonds is 13. The molecule has 148 valence electrons. The first kappa shape index (κ1) is 21.1. The lowest BCUT2D eigenvalue weighted by atomic mass is 9.89. The summed E-state index contributed by atoms with van der Waals surface area (Å²) in [5.74, 6) is -0.154. The largest absolute Gasteiger partial charge is 0.481 e. The van der Waals surface area contributed by atoms with Crippen LogP contribution in [0.25, 0.3) is 0 Å². The van der Waals surface area contributed by atoms with Crippen molar-refractivity contribution >= 4 is 5.97 Å². The van der Waals surface area contributed by atoms with E-state index in [1.54, 1.807) is 0 Å². The van der Waals surface area contributed by atoms with E-state index in [9.17, 15) is 4.79 Å². The number of allylic oxidation sites excluding steroid dienone is 2. The summed E-state index contributed by atoms with van der Waals surface area (Å²) in [6.07, 6.45) is 15.7. The molecule has 0 aromatic carbocycles. The molecule has 0 radical (unpaired) electrons. The first-order valence-electron chi connectivity index (χ1n) is 9.83. The summed E-state index contributed by atoms with van der Waals surface area (Å²) < 4.78 is 0. The molecule has 3 unspecified atom stereocenters. The van der Waals surface area contributed by atoms with Gasteiger partial charge in [-0.15, -0.1) is 0 Å². The molecule has 2 bridgehead atoms. The Labute approximate surface area is 155 Å². The van der Waals surface area contributed by atoms with Gasteiger partial charge in [0.15, 0.2) is 0 Å². The zero-order chi connectivity index (χ0) is 18.8. The van der Waals surface area contributed by atoms with Gasteiger partial charge in [0.05, 0.1) is 6.10 Å². The molecular weight excluding hydrogens is 336 g/mol. The van der Waals surface area contributed by atoms with Crippen LogP contribution in [-0.2, 0) is 19.5 Å². The number of carbonyl (C=O) groups is 1. The second kappa shape index (κ2) is 11.5. The lowest BCUT2D eigenvalue weighted by Crippen LogP contribution is -2.29. The summed E-state index contributed by atoms with van der Waals surface area (Å²) in [6.45, 7) is 2.15. The van der Waals surface area contributed by atoms with Gasteiger partial charge in [-0.1, -0.05) is 50.5 Å². The van der Waals surface area contributed by atoms with Gasteiger partial charge in [0.1, 0.15) is 12.2 Å². The minimum Gasteiger partial charge on any atom is -0.481 e. The summed E-state index contributed by atoms with van der Waals surface area (Å²) in [7, 11) is 0. The van der Waals surface area contributed by atoms with Gasteiger partial charge in [0.25, 0.3) is 0 Å². The SMILES string of the molecule is CCCCC[C@@H](/C=C/[C@H]1C2CC(OO2)C1C/C=C\CCCC(=O)O)OO. The Morgan fingerprint density at radius 3 is 2.77 bits per heavy atom. The number of fused-ring (bicyclic) bond motifs is 2. The van der Waals surface area contributed by atoms with Crippen LogP contribution in [0.15, 0.2) is 24.3 Å². The summed E-state index contributed by atoms with van der Waals surface area (Å²) in [6, 6.07) is 0. The molecule has 2 aliphatic rings. The number of hydrogen-bond acceptors (Lipinski definition) is 5. The zero-order valence-electron chi connectivity index (χ0n) is 15.6. The Hall–Kier alpha value is -1.21. The zero-order valence-corrected chi connectivity index (χ0v) is 15.6. The van der Waals surface area contributed by atoms with Gasteiger partial charge in [-0.05, 0) is 25.7 Å². The molecule has 2 N–H and O–H groups in total. The van der Waals surface area contributed by atoms with Gasteiger partial charge in [-0.2, -0.15) is 0 Å². The van der Waals surface area contributed by atoms with Crippen molar-refractivity contribution in [3.8, 4) is 0 Å². The molecular formula is C20H32O6. The van der Waals surface area contributed by atoms with Crippen molar-refractivity contribution in [1.29, 1.82) is 0 Å². The van der Waals surface area contributed by atoms with Crippen LogP contribution < -0.4 is 0 Å². The normalized spacial score (nSPS) is 29.2. The Morgan fingerprint density at radius 1 is 1.23 bits per heavy atom. The quantitative estimate of drug-likeness (QED) is 0.215. The van der Waals surface area contributed by atoms with Gasteiger partial charge >= 0.3 is 5.97 Å². The second-order valence-corrected chi connectivity index (χ2v) is 7.26. The van der Waals surface area contributed by atoms with E-state index < -0.39 is 5.97 Å². The van der Waals surface area contributed by atoms with Gasteiger partial charge < -0.3 is 5.11 Å². The van der Waals surface area contributed by atoms with Gasteiger partial charge in [-0.3, -0.25) is 10.1 Å². The maximum atomic E-state index is 10.5. The molecule has 0 spiro atoms. The van der Waals surface area contributed by atoms with Crippen LogP contribution in [0.5, 0.6) is 0 Å². The number of carboxylic acids is 1. The third-order valence-corrected chi connectivity index (χ3v) is 5.28. The van der Waals surface area contributed by atoms with Crippen molar-refractivity contribution < 1.29 is 29.8 Å². The first-order valence-corrected chi connectivity index (χ1v) is 9.83. The van der Waals surface area contributed by atoms with Crippen LogP contribution in [-0.4, -0.2) is 34.6 Å². The van der Waals surface area contributed by atoms with Crippen molar-refractivity contribution in [3.63, 3.8) is 0 Å². The fourth-order valence-corrected chi connectivity index (χ4v) is 3.79. The number of hydrogen-bond donors (Lipinski definition) is 2. The smallest absolute Gasteiger partial charge is 0.303 e. The minimum absolute atomic E-state index is 0.0663. The molecule has 1 aliphatic heterocycles. The van der Waals surface area contributed by atoms with E-state index in [4.69, 9.17) is 20.1 Å². The average Bonchev–Trinajstić information content (AvgIpc) is 3.22. The highest BCUT2D eigenvalue weighted by molar-refractivity contribution is 5.66. The van der Waals surface area contributed by atoms with Crippen LogP contribution in [0.2, 0.25) is 0 Å². The van der Waals surface area contributed by atoms with E-state index in [2.05, 4.69) is 30.0 Å². The molecule has 1 heterocycles. The molecule has 6 nitrogen and oxygen atoms in total. The van der Waals surface area contributed by atoms with E-state index in [0.29, 0.717) is 12.3 Å². The molecule has 0 aromatic rings. The number of unbranched alkanes of at least 4 members (excludes halogenated alkanes) is 3. The molecule has 6 heteroatoms. The maximum Gasteiger partial charge on any atom is 0.303 e. The van der Waals surface area contributed by atoms with E-state index >= 15 is 0 Å². The monoisotopic (exact) mass is 368 g/mol. The molecule has 0 amide bonds. The topological polar surface area (TPSA) is 85.2 Å². The van der Waals surface area contributed by atoms with Gasteiger partial charge in [0.2, 0.25) is 0 Å². The predicted octanol–water partition coefficient (Wildman–Crippen LogP) is 4.52. The van der Waals surface area contributed by atoms with Crippen LogP contribution in [0.3, 0.4) is 0 Å². The van der Waals surface area contributed by atoms with Crippen molar-refractivity contribution in [2.24, 2.45) is 11.8 Å². The molecule has 2 fully saturated rings. The highest BCUT2D eigenvalue weighted by atomic mass is 17.2. The average molecular weight is 368 g/mol. The predicted molar refractivity (Wildman–Crippen MR) is 97.4 cm³/mol. The Morgan fingerprint density at radius 2 is 2.04 bits per heavy atom. The number of aliphatic carboxylic acids is 1. The van der Waals surface area contributed by atoms with Gasteiger partial charge in [-0.25, -0.2) is 14.7 Å². The van der Waals surface area contributed by atoms with Gasteiger partial charge in [0, 0.05) is 24.7 Å². The van der Waals surface area contributed by atoms with Crippen molar-refractivity contribution in [3.05, 3.63) is 24.3 Å². The third-order valence-electron chi connectivity index (χ3n) is 5.28. The van der Waals surface area contributed by atoms with Crippen LogP contribution >= 0.6 is 0 Å². The molecule has 26 heavy (non-hydrogen) atoms. The Balaban J connectivity index is 1.82. The van der Waals surface area contributed by atoms with Crippen LogP contribution in [0.1, 0.15) is 64.7 Å². The standard InChI is InChI=1S/C20H32O6/c1-2-3-6-9-15(24-23)12-13-17-16(18-14-19(17)26-25-18)10-7-4-5-8-11-20(21)22/h4,7,12-13,15-19,23H,2-3,5-6,8-11,14H2,1H3,(H,21,22)/b7-4-,13-12+/t15-,16?,17+,18?,19?/m0/s1. The fraction of sp³-hybridized carbons (Fsp3) is 0.750. The van der Waals surface area contributed by atoms with E-state index in [1.165, 1.54) is 0 Å². The number of carboxylic acid groups (broad SMARTS) is 1. The van der Waals surface area contributed by atoms with E-state index in [-0.39, 0.29) is 30.7 Å². The highest BCUT2D eigenvalue weighted by Gasteiger charge is 2.49. The molecule has 2 rings (SSSR count). The Bertz CT molecular complexity index is 475. The molecule has 1 saturated heterocycles. The molecule has 1 saturated carbocycles. The summed E-state index contributed by atoms with van der Waals surface area (Å²) in [5.41, 5.74) is 0. The molecule has 1 aliphatic carbocycles.